The number of benzene rings is 1. The van der Waals surface area contributed by atoms with Gasteiger partial charge in [0.1, 0.15) is 11.5 Å². The first-order valence-corrected chi connectivity index (χ1v) is 5.77. The molecular formula is C14H18O3. The molecule has 92 valence electrons. The van der Waals surface area contributed by atoms with E-state index in [4.69, 9.17) is 4.74 Å². The molecule has 0 heterocycles. The Morgan fingerprint density at radius 3 is 2.29 bits per heavy atom. The van der Waals surface area contributed by atoms with Crippen LogP contribution in [0.5, 0.6) is 5.75 Å². The zero-order chi connectivity index (χ0) is 12.8. The van der Waals surface area contributed by atoms with Crippen molar-refractivity contribution in [1.29, 1.82) is 0 Å². The lowest BCUT2D eigenvalue weighted by Crippen LogP contribution is -2.10. The highest BCUT2D eigenvalue weighted by molar-refractivity contribution is 5.81. The van der Waals surface area contributed by atoms with E-state index in [1.165, 1.54) is 0 Å². The van der Waals surface area contributed by atoms with Crippen LogP contribution in [0.3, 0.4) is 0 Å². The van der Waals surface area contributed by atoms with Gasteiger partial charge < -0.3 is 4.74 Å². The van der Waals surface area contributed by atoms with E-state index in [0.29, 0.717) is 18.6 Å². The van der Waals surface area contributed by atoms with Crippen molar-refractivity contribution in [2.45, 2.75) is 33.1 Å². The minimum absolute atomic E-state index is 0.0788. The van der Waals surface area contributed by atoms with Crippen LogP contribution in [0.1, 0.15) is 38.7 Å². The highest BCUT2D eigenvalue weighted by Crippen LogP contribution is 2.23. The molecule has 0 spiro atoms. The molecule has 0 aliphatic carbocycles. The highest BCUT2D eigenvalue weighted by atomic mass is 16.5. The Labute approximate surface area is 102 Å². The normalized spacial score (nSPS) is 12.2. The fraction of sp³-hybridized carbons (Fsp3) is 0.429. The van der Waals surface area contributed by atoms with Crippen LogP contribution < -0.4 is 4.74 Å². The zero-order valence-electron chi connectivity index (χ0n) is 10.5. The maximum Gasteiger partial charge on any atom is 0.298 e. The molecule has 1 rings (SSSR count). The molecule has 1 aromatic carbocycles. The fourth-order valence-corrected chi connectivity index (χ4v) is 1.59. The third kappa shape index (κ3) is 4.02. The lowest BCUT2D eigenvalue weighted by Gasteiger charge is -2.12. The fourth-order valence-electron chi connectivity index (χ4n) is 1.59. The van der Waals surface area contributed by atoms with Gasteiger partial charge in [0.2, 0.25) is 0 Å². The van der Waals surface area contributed by atoms with Gasteiger partial charge in [0.15, 0.2) is 0 Å². The Balaban J connectivity index is 2.66. The van der Waals surface area contributed by atoms with Gasteiger partial charge in [-0.1, -0.05) is 32.9 Å². The van der Waals surface area contributed by atoms with Crippen molar-refractivity contribution in [3.05, 3.63) is 29.8 Å². The minimum atomic E-state index is 0.0788. The molecule has 0 fully saturated rings. The number of hydrogen-bond acceptors (Lipinski definition) is 3. The van der Waals surface area contributed by atoms with Gasteiger partial charge in [-0.05, 0) is 23.6 Å². The standard InChI is InChI=1S/C14H18O3/c1-10(2)14(16)8-11(3)12-4-6-13(7-5-12)17-9-15/h4-7,9-11H,8H2,1-3H3. The van der Waals surface area contributed by atoms with E-state index in [2.05, 4.69) is 0 Å². The number of carbonyl (C=O) groups is 2. The molecule has 0 radical (unpaired) electrons. The van der Waals surface area contributed by atoms with Crippen molar-refractivity contribution < 1.29 is 14.3 Å². The first kappa shape index (κ1) is 13.4. The number of ether oxygens (including phenoxy) is 1. The van der Waals surface area contributed by atoms with Crippen LogP contribution in [0, 0.1) is 5.92 Å². The lowest BCUT2D eigenvalue weighted by atomic mass is 9.92. The SMILES string of the molecule is CC(C)C(=O)CC(C)c1ccc(OC=O)cc1. The number of Topliss-reactive ketones (excluding diaryl/α,β-unsaturated/α-hetero) is 1. The molecule has 17 heavy (non-hydrogen) atoms. The topological polar surface area (TPSA) is 43.4 Å². The average Bonchev–Trinajstić information content (AvgIpc) is 2.30. The summed E-state index contributed by atoms with van der Waals surface area (Å²) in [6.45, 7) is 6.25. The molecule has 0 amide bonds. The molecule has 0 saturated heterocycles. The number of carbonyl (C=O) groups excluding carboxylic acids is 2. The molecule has 0 aliphatic heterocycles. The number of hydrogen-bond donors (Lipinski definition) is 0. The quantitative estimate of drug-likeness (QED) is 0.711. The summed E-state index contributed by atoms with van der Waals surface area (Å²) in [5, 5.41) is 0. The van der Waals surface area contributed by atoms with Crippen LogP contribution in [0.4, 0.5) is 0 Å². The van der Waals surface area contributed by atoms with Gasteiger partial charge in [-0.15, -0.1) is 0 Å². The largest absolute Gasteiger partial charge is 0.429 e. The van der Waals surface area contributed by atoms with Crippen LogP contribution in [0.25, 0.3) is 0 Å². The molecule has 0 N–H and O–H groups in total. The van der Waals surface area contributed by atoms with Crippen molar-refractivity contribution in [2.24, 2.45) is 5.92 Å². The third-order valence-corrected chi connectivity index (χ3v) is 2.78. The van der Waals surface area contributed by atoms with Gasteiger partial charge in [-0.2, -0.15) is 0 Å². The van der Waals surface area contributed by atoms with Gasteiger partial charge >= 0.3 is 0 Å². The summed E-state index contributed by atoms with van der Waals surface area (Å²) in [7, 11) is 0. The van der Waals surface area contributed by atoms with Crippen LogP contribution in [-0.4, -0.2) is 12.3 Å². The second kappa shape index (κ2) is 6.18. The van der Waals surface area contributed by atoms with Gasteiger partial charge in [0.25, 0.3) is 6.47 Å². The second-order valence-electron chi connectivity index (χ2n) is 4.51. The van der Waals surface area contributed by atoms with Crippen molar-refractivity contribution in [3.63, 3.8) is 0 Å². The van der Waals surface area contributed by atoms with E-state index in [-0.39, 0.29) is 17.6 Å². The van der Waals surface area contributed by atoms with E-state index < -0.39 is 0 Å². The third-order valence-electron chi connectivity index (χ3n) is 2.78. The van der Waals surface area contributed by atoms with E-state index in [0.717, 1.165) is 5.56 Å². The molecular weight excluding hydrogens is 216 g/mol. The molecule has 0 saturated carbocycles. The van der Waals surface area contributed by atoms with Crippen LogP contribution in [0.15, 0.2) is 24.3 Å². The Morgan fingerprint density at radius 1 is 1.24 bits per heavy atom. The molecule has 1 aromatic rings. The highest BCUT2D eigenvalue weighted by Gasteiger charge is 2.13. The second-order valence-corrected chi connectivity index (χ2v) is 4.51. The van der Waals surface area contributed by atoms with E-state index in [1.54, 1.807) is 12.1 Å². The predicted octanol–water partition coefficient (Wildman–Crippen LogP) is 2.94. The average molecular weight is 234 g/mol. The Bertz CT molecular complexity index is 379. The molecule has 0 aliphatic rings. The first-order valence-electron chi connectivity index (χ1n) is 5.77. The van der Waals surface area contributed by atoms with Crippen LogP contribution in [-0.2, 0) is 9.59 Å². The molecule has 3 nitrogen and oxygen atoms in total. The maximum atomic E-state index is 11.6. The monoisotopic (exact) mass is 234 g/mol. The Morgan fingerprint density at radius 2 is 1.82 bits per heavy atom. The van der Waals surface area contributed by atoms with Gasteiger partial charge in [0.05, 0.1) is 0 Å². The summed E-state index contributed by atoms with van der Waals surface area (Å²) >= 11 is 0. The van der Waals surface area contributed by atoms with Crippen molar-refractivity contribution >= 4 is 12.3 Å². The van der Waals surface area contributed by atoms with Gasteiger partial charge in [-0.3, -0.25) is 9.59 Å². The lowest BCUT2D eigenvalue weighted by molar-refractivity contribution is -0.122. The van der Waals surface area contributed by atoms with Crippen molar-refractivity contribution in [2.75, 3.05) is 0 Å². The summed E-state index contributed by atoms with van der Waals surface area (Å²) in [4.78, 5) is 21.8. The number of rotatable bonds is 6. The van der Waals surface area contributed by atoms with E-state index in [1.807, 2.05) is 32.9 Å². The maximum absolute atomic E-state index is 11.6. The number of ketones is 1. The Kier molecular flexibility index (Phi) is 4.88. The summed E-state index contributed by atoms with van der Waals surface area (Å²) in [6, 6.07) is 7.24. The first-order chi connectivity index (χ1) is 8.04. The summed E-state index contributed by atoms with van der Waals surface area (Å²) in [5.41, 5.74) is 1.08. The van der Waals surface area contributed by atoms with Crippen molar-refractivity contribution in [3.8, 4) is 5.75 Å². The smallest absolute Gasteiger partial charge is 0.298 e. The van der Waals surface area contributed by atoms with Gasteiger partial charge in [-0.25, -0.2) is 0 Å². The van der Waals surface area contributed by atoms with Crippen LogP contribution >= 0.6 is 0 Å². The van der Waals surface area contributed by atoms with E-state index >= 15 is 0 Å². The molecule has 0 bridgehead atoms. The molecule has 1 unspecified atom stereocenters. The summed E-state index contributed by atoms with van der Waals surface area (Å²) in [6.07, 6.45) is 0.547. The zero-order valence-corrected chi connectivity index (χ0v) is 10.5. The summed E-state index contributed by atoms with van der Waals surface area (Å²) in [5.74, 6) is 1.06. The minimum Gasteiger partial charge on any atom is -0.429 e. The van der Waals surface area contributed by atoms with Gasteiger partial charge in [0, 0.05) is 12.3 Å². The molecule has 3 heteroatoms. The van der Waals surface area contributed by atoms with Crippen LogP contribution in [0.2, 0.25) is 0 Å². The van der Waals surface area contributed by atoms with E-state index in [9.17, 15) is 9.59 Å². The molecule has 0 aromatic heterocycles. The van der Waals surface area contributed by atoms with Crippen molar-refractivity contribution in [1.82, 2.24) is 0 Å². The Hall–Kier alpha value is -1.64. The summed E-state index contributed by atoms with van der Waals surface area (Å²) < 4.78 is 4.71. The predicted molar refractivity (Wildman–Crippen MR) is 66.0 cm³/mol. The molecule has 1 atom stereocenters.